The fourth-order valence-corrected chi connectivity index (χ4v) is 1.72. The topological polar surface area (TPSA) is 73.1 Å². The summed E-state index contributed by atoms with van der Waals surface area (Å²) in [5.41, 5.74) is 9.09. The molecule has 0 bridgehead atoms. The maximum Gasteiger partial charge on any atom is 0.227 e. The summed E-state index contributed by atoms with van der Waals surface area (Å²) >= 11 is 0. The molecule has 0 radical (unpaired) electrons. The molecule has 1 aromatic heterocycles. The first kappa shape index (κ1) is 12.2. The molecule has 0 atom stereocenters. The van der Waals surface area contributed by atoms with Gasteiger partial charge in [0, 0.05) is 17.1 Å². The predicted molar refractivity (Wildman–Crippen MR) is 72.2 cm³/mol. The molecule has 0 amide bonds. The Bertz CT molecular complexity index is 549. The number of hydrogen-bond donors (Lipinski definition) is 2. The summed E-state index contributed by atoms with van der Waals surface area (Å²) in [4.78, 5) is 8.61. The van der Waals surface area contributed by atoms with Crippen LogP contribution < -0.4 is 15.8 Å². The van der Waals surface area contributed by atoms with Gasteiger partial charge >= 0.3 is 0 Å². The Morgan fingerprint density at radius 1 is 1.11 bits per heavy atom. The zero-order valence-corrected chi connectivity index (χ0v) is 10.7. The van der Waals surface area contributed by atoms with Gasteiger partial charge in [-0.15, -0.1) is 0 Å². The number of nitrogens with two attached hydrogens (primary N) is 1. The van der Waals surface area contributed by atoms with Crippen molar-refractivity contribution in [1.29, 1.82) is 0 Å². The lowest BCUT2D eigenvalue weighted by atomic mass is 10.2. The molecule has 0 saturated carbocycles. The van der Waals surface area contributed by atoms with Gasteiger partial charge in [0.2, 0.25) is 5.95 Å². The van der Waals surface area contributed by atoms with Crippen molar-refractivity contribution < 1.29 is 4.74 Å². The van der Waals surface area contributed by atoms with E-state index in [-0.39, 0.29) is 0 Å². The predicted octanol–water partition coefficient (Wildman–Crippen LogP) is 2.43. The summed E-state index contributed by atoms with van der Waals surface area (Å²) in [7, 11) is 1.59. The van der Waals surface area contributed by atoms with E-state index in [0.29, 0.717) is 17.4 Å². The highest BCUT2D eigenvalue weighted by Gasteiger charge is 2.03. The summed E-state index contributed by atoms with van der Waals surface area (Å²) < 4.78 is 5.10. The van der Waals surface area contributed by atoms with Gasteiger partial charge in [-0.05, 0) is 38.1 Å². The molecule has 0 saturated heterocycles. The van der Waals surface area contributed by atoms with Crippen LogP contribution in [0.1, 0.15) is 11.4 Å². The van der Waals surface area contributed by atoms with Crippen LogP contribution in [0.25, 0.3) is 0 Å². The first-order valence-electron chi connectivity index (χ1n) is 5.61. The van der Waals surface area contributed by atoms with Crippen LogP contribution in [0.4, 0.5) is 17.3 Å². The van der Waals surface area contributed by atoms with Crippen LogP contribution in [-0.4, -0.2) is 17.1 Å². The number of rotatable bonds is 3. The highest BCUT2D eigenvalue weighted by atomic mass is 16.5. The number of methoxy groups -OCH3 is 1. The number of hydrogen-bond acceptors (Lipinski definition) is 5. The standard InChI is InChI=1S/C13H16N4O/c1-8-6-9(2)16-13(15-8)17-10-4-5-12(18-3)11(14)7-10/h4-7H,14H2,1-3H3,(H,15,16,17). The number of aryl methyl sites for hydroxylation is 2. The van der Waals surface area contributed by atoms with Crippen molar-refractivity contribution >= 4 is 17.3 Å². The second-order valence-electron chi connectivity index (χ2n) is 4.06. The Labute approximate surface area is 106 Å². The van der Waals surface area contributed by atoms with Gasteiger partial charge in [-0.25, -0.2) is 9.97 Å². The van der Waals surface area contributed by atoms with Crippen LogP contribution in [0.5, 0.6) is 5.75 Å². The fraction of sp³-hybridized carbons (Fsp3) is 0.231. The molecule has 2 rings (SSSR count). The first-order valence-corrected chi connectivity index (χ1v) is 5.61. The Morgan fingerprint density at radius 2 is 1.78 bits per heavy atom. The fourth-order valence-electron chi connectivity index (χ4n) is 1.72. The van der Waals surface area contributed by atoms with E-state index in [1.54, 1.807) is 19.2 Å². The van der Waals surface area contributed by atoms with Gasteiger partial charge < -0.3 is 15.8 Å². The molecular formula is C13H16N4O. The molecule has 0 unspecified atom stereocenters. The molecule has 18 heavy (non-hydrogen) atoms. The minimum Gasteiger partial charge on any atom is -0.495 e. The number of benzene rings is 1. The van der Waals surface area contributed by atoms with Gasteiger partial charge in [0.15, 0.2) is 0 Å². The maximum absolute atomic E-state index is 5.84. The lowest BCUT2D eigenvalue weighted by molar-refractivity contribution is 0.417. The lowest BCUT2D eigenvalue weighted by Gasteiger charge is -2.09. The van der Waals surface area contributed by atoms with Crippen molar-refractivity contribution in [3.05, 3.63) is 35.7 Å². The molecule has 0 spiro atoms. The minimum absolute atomic E-state index is 0.567. The van der Waals surface area contributed by atoms with Crippen LogP contribution >= 0.6 is 0 Å². The van der Waals surface area contributed by atoms with E-state index in [1.165, 1.54) is 0 Å². The van der Waals surface area contributed by atoms with E-state index in [1.807, 2.05) is 26.0 Å². The van der Waals surface area contributed by atoms with Crippen molar-refractivity contribution in [2.45, 2.75) is 13.8 Å². The molecular weight excluding hydrogens is 228 g/mol. The molecule has 1 aromatic carbocycles. The Balaban J connectivity index is 2.25. The monoisotopic (exact) mass is 244 g/mol. The number of aromatic nitrogens is 2. The van der Waals surface area contributed by atoms with Crippen molar-refractivity contribution in [3.63, 3.8) is 0 Å². The number of nitrogens with one attached hydrogen (secondary N) is 1. The van der Waals surface area contributed by atoms with E-state index in [9.17, 15) is 0 Å². The van der Waals surface area contributed by atoms with Crippen molar-refractivity contribution in [3.8, 4) is 5.75 Å². The van der Waals surface area contributed by atoms with Crippen LogP contribution in [0.2, 0.25) is 0 Å². The molecule has 0 aliphatic carbocycles. The van der Waals surface area contributed by atoms with Crippen LogP contribution in [0.15, 0.2) is 24.3 Å². The second kappa shape index (κ2) is 4.91. The lowest BCUT2D eigenvalue weighted by Crippen LogP contribution is -2.01. The number of nitrogen functional groups attached to an aromatic ring is 1. The molecule has 3 N–H and O–H groups in total. The van der Waals surface area contributed by atoms with Gasteiger partial charge in [-0.1, -0.05) is 0 Å². The third-order valence-corrected chi connectivity index (χ3v) is 2.47. The largest absolute Gasteiger partial charge is 0.495 e. The first-order chi connectivity index (χ1) is 8.58. The van der Waals surface area contributed by atoms with E-state index < -0.39 is 0 Å². The third-order valence-electron chi connectivity index (χ3n) is 2.47. The van der Waals surface area contributed by atoms with Gasteiger partial charge in [0.25, 0.3) is 0 Å². The Hall–Kier alpha value is -2.30. The molecule has 0 fully saturated rings. The SMILES string of the molecule is COc1ccc(Nc2nc(C)cc(C)n2)cc1N. The highest BCUT2D eigenvalue weighted by Crippen LogP contribution is 2.25. The summed E-state index contributed by atoms with van der Waals surface area (Å²) in [6, 6.07) is 7.39. The second-order valence-corrected chi connectivity index (χ2v) is 4.06. The maximum atomic E-state index is 5.84. The van der Waals surface area contributed by atoms with Gasteiger partial charge in [-0.2, -0.15) is 0 Å². The normalized spacial score (nSPS) is 10.2. The zero-order valence-electron chi connectivity index (χ0n) is 10.7. The molecule has 94 valence electrons. The Kier molecular flexibility index (Phi) is 3.32. The van der Waals surface area contributed by atoms with E-state index in [4.69, 9.17) is 10.5 Å². The summed E-state index contributed by atoms with van der Waals surface area (Å²) in [6.07, 6.45) is 0. The molecule has 2 aromatic rings. The Morgan fingerprint density at radius 3 is 2.33 bits per heavy atom. The zero-order chi connectivity index (χ0) is 13.1. The van der Waals surface area contributed by atoms with Crippen molar-refractivity contribution in [2.24, 2.45) is 0 Å². The van der Waals surface area contributed by atoms with E-state index >= 15 is 0 Å². The van der Waals surface area contributed by atoms with Crippen molar-refractivity contribution in [1.82, 2.24) is 9.97 Å². The summed E-state index contributed by atoms with van der Waals surface area (Å²) in [5.74, 6) is 1.22. The van der Waals surface area contributed by atoms with Gasteiger partial charge in [-0.3, -0.25) is 0 Å². The van der Waals surface area contributed by atoms with E-state index in [0.717, 1.165) is 17.1 Å². The minimum atomic E-state index is 0.567. The molecule has 0 aliphatic heterocycles. The summed E-state index contributed by atoms with van der Waals surface area (Å²) in [6.45, 7) is 3.87. The van der Waals surface area contributed by atoms with Gasteiger partial charge in [0.05, 0.1) is 12.8 Å². The molecule has 0 aliphatic rings. The summed E-state index contributed by atoms with van der Waals surface area (Å²) in [5, 5.41) is 3.12. The number of anilines is 3. The average Bonchev–Trinajstić information content (AvgIpc) is 2.27. The number of ether oxygens (including phenoxy) is 1. The average molecular weight is 244 g/mol. The molecule has 1 heterocycles. The van der Waals surface area contributed by atoms with Crippen molar-refractivity contribution in [2.75, 3.05) is 18.2 Å². The van der Waals surface area contributed by atoms with Crippen LogP contribution in [0.3, 0.4) is 0 Å². The third kappa shape index (κ3) is 2.68. The highest BCUT2D eigenvalue weighted by molar-refractivity contribution is 5.65. The van der Waals surface area contributed by atoms with Crippen LogP contribution in [0, 0.1) is 13.8 Å². The van der Waals surface area contributed by atoms with Crippen LogP contribution in [-0.2, 0) is 0 Å². The quantitative estimate of drug-likeness (QED) is 0.811. The smallest absolute Gasteiger partial charge is 0.227 e. The molecule has 5 nitrogen and oxygen atoms in total. The number of nitrogens with zero attached hydrogens (tertiary/aromatic N) is 2. The van der Waals surface area contributed by atoms with E-state index in [2.05, 4.69) is 15.3 Å². The molecule has 5 heteroatoms. The van der Waals surface area contributed by atoms with Gasteiger partial charge in [0.1, 0.15) is 5.75 Å².